The van der Waals surface area contributed by atoms with Crippen LogP contribution >= 0.6 is 0 Å². The number of nitro groups is 1. The molecule has 1 saturated heterocycles. The number of hydrogen-bond donors (Lipinski definition) is 5. The van der Waals surface area contributed by atoms with Crippen LogP contribution in [-0.4, -0.2) is 101 Å². The largest absolute Gasteiger partial charge is 0.395 e. The molecule has 1 aromatic heterocycles. The number of aliphatic hydroxyl groups is 4. The molecule has 0 spiro atoms. The summed E-state index contributed by atoms with van der Waals surface area (Å²) in [5, 5.41) is 64.7. The van der Waals surface area contributed by atoms with Crippen LogP contribution < -0.4 is 5.32 Å². The lowest BCUT2D eigenvalue weighted by Crippen LogP contribution is -2.62. The summed E-state index contributed by atoms with van der Waals surface area (Å²) < 4.78 is 0. The van der Waals surface area contributed by atoms with E-state index in [4.69, 9.17) is 0 Å². The summed E-state index contributed by atoms with van der Waals surface area (Å²) in [6, 6.07) is 4.15. The van der Waals surface area contributed by atoms with Gasteiger partial charge in [-0.25, -0.2) is 0 Å². The molecule has 0 bridgehead atoms. The van der Waals surface area contributed by atoms with Gasteiger partial charge >= 0.3 is 0 Å². The Bertz CT molecular complexity index is 868. The number of nitro benzene ring substituents is 1. The van der Waals surface area contributed by atoms with Crippen molar-refractivity contribution in [3.05, 3.63) is 34.6 Å². The summed E-state index contributed by atoms with van der Waals surface area (Å²) in [5.41, 5.74) is 0.739. The molecule has 176 valence electrons. The van der Waals surface area contributed by atoms with Gasteiger partial charge in [0.15, 0.2) is 12.0 Å². The molecule has 0 radical (unpaired) electrons. The van der Waals surface area contributed by atoms with Gasteiger partial charge in [0.1, 0.15) is 12.2 Å². The zero-order valence-corrected chi connectivity index (χ0v) is 17.6. The molecule has 13 heteroatoms. The Morgan fingerprint density at radius 3 is 2.62 bits per heavy atom. The topological polar surface area (TPSA) is 183 Å². The zero-order valence-electron chi connectivity index (χ0n) is 17.6. The smallest absolute Gasteiger partial charge is 0.298 e. The summed E-state index contributed by atoms with van der Waals surface area (Å²) in [7, 11) is 0. The number of nitrogens with one attached hydrogen (secondary N) is 1. The second-order valence-electron chi connectivity index (χ2n) is 7.82. The number of likely N-dealkylation sites (tertiary alicyclic amines) is 1. The number of nitrogens with zero attached hydrogens (tertiary/aromatic N) is 6. The van der Waals surface area contributed by atoms with E-state index < -0.39 is 29.3 Å². The molecule has 0 aliphatic carbocycles. The summed E-state index contributed by atoms with van der Waals surface area (Å²) >= 11 is 0. The number of piperidine rings is 1. The first kappa shape index (κ1) is 23.9. The van der Waals surface area contributed by atoms with Gasteiger partial charge in [0.25, 0.3) is 5.69 Å². The number of β-amino-alcohol motifs (C(OH)–C–C–N with tert-alkyl or cyclic N) is 1. The number of hydrogen-bond acceptors (Lipinski definition) is 11. The minimum atomic E-state index is -1.24. The highest BCUT2D eigenvalue weighted by atomic mass is 16.6. The van der Waals surface area contributed by atoms with E-state index in [0.717, 1.165) is 30.5 Å². The van der Waals surface area contributed by atoms with Crippen LogP contribution in [-0.2, 0) is 0 Å². The average Bonchev–Trinajstić information content (AvgIpc) is 3.31. The monoisotopic (exact) mass is 451 g/mol. The minimum Gasteiger partial charge on any atom is -0.395 e. The number of aromatic nitrogens is 4. The fourth-order valence-corrected chi connectivity index (χ4v) is 3.89. The molecule has 3 rings (SSSR count). The molecule has 4 atom stereocenters. The Morgan fingerprint density at radius 1 is 1.16 bits per heavy atom. The zero-order chi connectivity index (χ0) is 23.1. The van der Waals surface area contributed by atoms with Crippen LogP contribution in [0.3, 0.4) is 0 Å². The average molecular weight is 451 g/mol. The van der Waals surface area contributed by atoms with Crippen LogP contribution in [0.1, 0.15) is 25.7 Å². The van der Waals surface area contributed by atoms with Crippen molar-refractivity contribution in [3.63, 3.8) is 0 Å². The Labute approximate surface area is 184 Å². The molecule has 32 heavy (non-hydrogen) atoms. The van der Waals surface area contributed by atoms with Crippen molar-refractivity contribution >= 4 is 11.4 Å². The fraction of sp³-hybridized carbons (Fsp3) is 0.632. The highest BCUT2D eigenvalue weighted by molar-refractivity contribution is 5.61. The van der Waals surface area contributed by atoms with Crippen molar-refractivity contribution in [2.75, 3.05) is 31.6 Å². The van der Waals surface area contributed by atoms with Crippen LogP contribution in [0.15, 0.2) is 24.5 Å². The Morgan fingerprint density at radius 2 is 1.94 bits per heavy atom. The number of unbranched alkanes of at least 4 members (excludes halogenated alkanes) is 3. The molecule has 0 amide bonds. The lowest BCUT2D eigenvalue weighted by molar-refractivity contribution is -0.384. The fourth-order valence-electron chi connectivity index (χ4n) is 3.89. The van der Waals surface area contributed by atoms with Crippen LogP contribution in [0.5, 0.6) is 0 Å². The summed E-state index contributed by atoms with van der Waals surface area (Å²) in [6.07, 6.45) is 1.25. The lowest BCUT2D eigenvalue weighted by atomic mass is 9.94. The predicted octanol–water partition coefficient (Wildman–Crippen LogP) is -0.698. The third kappa shape index (κ3) is 5.75. The van der Waals surface area contributed by atoms with Gasteiger partial charge in [-0.2, -0.15) is 0 Å². The molecular weight excluding hydrogens is 422 g/mol. The van der Waals surface area contributed by atoms with Crippen LogP contribution in [0.2, 0.25) is 0 Å². The molecule has 0 saturated carbocycles. The summed E-state index contributed by atoms with van der Waals surface area (Å²) in [5.74, 6) is 0. The Hall–Kier alpha value is -2.71. The number of rotatable bonds is 11. The number of benzene rings is 1. The van der Waals surface area contributed by atoms with Crippen LogP contribution in [0, 0.1) is 10.1 Å². The molecule has 2 heterocycles. The van der Waals surface area contributed by atoms with Gasteiger partial charge < -0.3 is 25.7 Å². The lowest BCUT2D eigenvalue weighted by Gasteiger charge is -2.43. The van der Waals surface area contributed by atoms with Crippen LogP contribution in [0.25, 0.3) is 5.69 Å². The molecule has 1 fully saturated rings. The van der Waals surface area contributed by atoms with E-state index >= 15 is 0 Å². The normalized spacial score (nSPS) is 23.9. The molecule has 5 N–H and O–H groups in total. The van der Waals surface area contributed by atoms with Gasteiger partial charge in [0.05, 0.1) is 23.7 Å². The van der Waals surface area contributed by atoms with Crippen molar-refractivity contribution in [2.24, 2.45) is 0 Å². The quantitative estimate of drug-likeness (QED) is 0.165. The van der Waals surface area contributed by atoms with Crippen molar-refractivity contribution in [1.82, 2.24) is 25.1 Å². The third-order valence-electron chi connectivity index (χ3n) is 5.65. The van der Waals surface area contributed by atoms with E-state index in [0.29, 0.717) is 18.8 Å². The minimum absolute atomic E-state index is 0.123. The van der Waals surface area contributed by atoms with Gasteiger partial charge in [-0.3, -0.25) is 15.0 Å². The molecule has 0 unspecified atom stereocenters. The van der Waals surface area contributed by atoms with E-state index in [2.05, 4.69) is 20.7 Å². The Balaban J connectivity index is 1.40. The van der Waals surface area contributed by atoms with E-state index in [1.807, 2.05) is 4.90 Å². The third-order valence-corrected chi connectivity index (χ3v) is 5.65. The first-order valence-electron chi connectivity index (χ1n) is 10.6. The van der Waals surface area contributed by atoms with Crippen molar-refractivity contribution < 1.29 is 25.3 Å². The molecule has 2 aromatic rings. The van der Waals surface area contributed by atoms with Crippen molar-refractivity contribution in [3.8, 4) is 5.69 Å². The molecule has 1 aliphatic rings. The van der Waals surface area contributed by atoms with Crippen molar-refractivity contribution in [1.29, 1.82) is 0 Å². The molecular formula is C19H29N7O6. The van der Waals surface area contributed by atoms with E-state index in [1.54, 1.807) is 12.1 Å². The van der Waals surface area contributed by atoms with Gasteiger partial charge in [-0.15, -0.1) is 15.0 Å². The maximum atomic E-state index is 11.4. The highest BCUT2D eigenvalue weighted by Gasteiger charge is 2.40. The van der Waals surface area contributed by atoms with E-state index in [9.17, 15) is 30.5 Å². The van der Waals surface area contributed by atoms with Crippen molar-refractivity contribution in [2.45, 2.75) is 50.0 Å². The second kappa shape index (κ2) is 11.2. The first-order valence-corrected chi connectivity index (χ1v) is 10.6. The van der Waals surface area contributed by atoms with E-state index in [-0.39, 0.29) is 24.5 Å². The molecule has 1 aromatic carbocycles. The summed E-state index contributed by atoms with van der Waals surface area (Å²) in [4.78, 5) is 13.8. The van der Waals surface area contributed by atoms with E-state index in [1.165, 1.54) is 12.4 Å². The van der Waals surface area contributed by atoms with Crippen LogP contribution in [0.4, 0.5) is 11.4 Å². The Kier molecular flexibility index (Phi) is 8.41. The SMILES string of the molecule is O=[N+]([O-])c1cc(NCCCCCCN2C[C@H](O)[C@@H](O)[C@H](O)[C@H]2CO)ccc1-n1ncnn1. The summed E-state index contributed by atoms with van der Waals surface area (Å²) in [6.45, 7) is 1.17. The van der Waals surface area contributed by atoms with Gasteiger partial charge in [0.2, 0.25) is 0 Å². The molecule has 1 aliphatic heterocycles. The predicted molar refractivity (Wildman–Crippen MR) is 113 cm³/mol. The number of anilines is 1. The van der Waals surface area contributed by atoms with Gasteiger partial charge in [-0.05, 0) is 36.7 Å². The van der Waals surface area contributed by atoms with Gasteiger partial charge in [-0.1, -0.05) is 12.8 Å². The standard InChI is InChI=1S/C19H29N7O6/c27-11-16-18(29)19(30)17(28)10-24(16)8-4-2-1-3-7-20-13-5-6-14(15(9-13)26(31)32)25-22-12-21-23-25/h5-6,9,12,16-20,27-30H,1-4,7-8,10-11H2/t16-,17+,18-,19-/m1/s1. The maximum absolute atomic E-state index is 11.4. The number of aliphatic hydroxyl groups excluding tert-OH is 4. The first-order chi connectivity index (χ1) is 15.4. The molecule has 13 nitrogen and oxygen atoms in total. The van der Waals surface area contributed by atoms with Gasteiger partial charge in [0, 0.05) is 24.8 Å². The highest BCUT2D eigenvalue weighted by Crippen LogP contribution is 2.25. The maximum Gasteiger partial charge on any atom is 0.298 e. The second-order valence-corrected chi connectivity index (χ2v) is 7.82. The number of tetrazole rings is 1.